The average Bonchev–Trinajstić information content (AvgIpc) is 3.61. The van der Waals surface area contributed by atoms with Gasteiger partial charge in [0.25, 0.3) is 0 Å². The molecule has 0 saturated carbocycles. The highest BCUT2D eigenvalue weighted by molar-refractivity contribution is 6.32. The minimum atomic E-state index is 0.178. The molecular weight excluding hydrogens is 572 g/mol. The Morgan fingerprint density at radius 2 is 1.18 bits per heavy atom. The molecular formula is C34H33ClN8O. The highest BCUT2D eigenvalue weighted by Crippen LogP contribution is 2.34. The zero-order valence-corrected chi connectivity index (χ0v) is 25.6. The lowest BCUT2D eigenvalue weighted by molar-refractivity contribution is 0.483. The maximum Gasteiger partial charge on any atom is 0.146 e. The molecule has 6 aromatic rings. The average molecular weight is 605 g/mol. The van der Waals surface area contributed by atoms with Crippen molar-refractivity contribution in [3.8, 4) is 34.3 Å². The number of amidine groups is 2. The van der Waals surface area contributed by atoms with Gasteiger partial charge in [-0.25, -0.2) is 9.97 Å². The van der Waals surface area contributed by atoms with Crippen LogP contribution in [-0.2, 0) is 0 Å². The fourth-order valence-electron chi connectivity index (χ4n) is 4.89. The number of ether oxygens (including phenoxy) is 1. The van der Waals surface area contributed by atoms with Gasteiger partial charge in [0.2, 0.25) is 0 Å². The number of benzene rings is 4. The Kier molecular flexibility index (Phi) is 7.80. The normalized spacial score (nSPS) is 11.4. The minimum absolute atomic E-state index is 0.178. The van der Waals surface area contributed by atoms with Crippen LogP contribution in [-0.4, -0.2) is 43.7 Å². The van der Waals surface area contributed by atoms with Crippen LogP contribution in [0.2, 0.25) is 5.02 Å². The van der Waals surface area contributed by atoms with Crippen LogP contribution in [0.5, 0.6) is 11.5 Å². The second-order valence-corrected chi connectivity index (χ2v) is 11.7. The molecule has 222 valence electrons. The van der Waals surface area contributed by atoms with Crippen molar-refractivity contribution in [2.75, 3.05) is 0 Å². The highest BCUT2D eigenvalue weighted by Gasteiger charge is 2.13. The molecule has 0 saturated heterocycles. The van der Waals surface area contributed by atoms with Gasteiger partial charge < -0.3 is 25.3 Å². The predicted octanol–water partition coefficient (Wildman–Crippen LogP) is 7.87. The van der Waals surface area contributed by atoms with Crippen molar-refractivity contribution in [1.29, 1.82) is 10.8 Å². The molecule has 0 unspecified atom stereocenters. The Labute approximate surface area is 260 Å². The van der Waals surface area contributed by atoms with E-state index in [1.54, 1.807) is 0 Å². The van der Waals surface area contributed by atoms with E-state index in [2.05, 4.69) is 20.6 Å². The van der Waals surface area contributed by atoms with E-state index in [4.69, 9.17) is 37.1 Å². The van der Waals surface area contributed by atoms with Crippen LogP contribution < -0.4 is 15.4 Å². The van der Waals surface area contributed by atoms with E-state index in [0.29, 0.717) is 34.0 Å². The van der Waals surface area contributed by atoms with E-state index < -0.39 is 0 Å². The summed E-state index contributed by atoms with van der Waals surface area (Å²) in [4.78, 5) is 16.1. The lowest BCUT2D eigenvalue weighted by Gasteiger charge is -2.10. The number of rotatable bonds is 8. The van der Waals surface area contributed by atoms with Crippen LogP contribution in [0.25, 0.3) is 44.8 Å². The van der Waals surface area contributed by atoms with Gasteiger partial charge in [-0.1, -0.05) is 11.6 Å². The molecule has 44 heavy (non-hydrogen) atoms. The van der Waals surface area contributed by atoms with Crippen LogP contribution in [0.15, 0.2) is 78.9 Å². The number of H-pyrrole nitrogens is 2. The molecule has 4 aromatic carbocycles. The summed E-state index contributed by atoms with van der Waals surface area (Å²) in [6.45, 7) is 8.03. The van der Waals surface area contributed by atoms with E-state index in [1.165, 1.54) is 0 Å². The quantitative estimate of drug-likeness (QED) is 0.0775. The molecule has 0 bridgehead atoms. The number of hydrogen-bond acceptors (Lipinski definition) is 5. The first-order valence-electron chi connectivity index (χ1n) is 14.4. The summed E-state index contributed by atoms with van der Waals surface area (Å²) in [7, 11) is 0. The molecule has 9 nitrogen and oxygen atoms in total. The van der Waals surface area contributed by atoms with Crippen LogP contribution in [0, 0.1) is 10.8 Å². The number of halogens is 1. The third-order valence-electron chi connectivity index (χ3n) is 6.97. The number of nitrogens with one attached hydrogen (secondary N) is 6. The molecule has 0 aliphatic heterocycles. The first kappa shape index (κ1) is 28.9. The van der Waals surface area contributed by atoms with Gasteiger partial charge in [0.05, 0.1) is 27.1 Å². The first-order valence-corrected chi connectivity index (χ1v) is 14.8. The van der Waals surface area contributed by atoms with Gasteiger partial charge in [0.1, 0.15) is 34.8 Å². The van der Waals surface area contributed by atoms with E-state index in [0.717, 1.165) is 50.1 Å². The van der Waals surface area contributed by atoms with Gasteiger partial charge in [0.15, 0.2) is 0 Å². The maximum absolute atomic E-state index is 8.28. The largest absolute Gasteiger partial charge is 0.456 e. The SMILES string of the molecule is CC(C)NC(=N)c1ccc2nc(-c3ccc(Oc4ccc(-c5nc6ccc(C(=N)NC(C)C)cc6[nH]5)cc4Cl)cc3)[nH]c2c1. The lowest BCUT2D eigenvalue weighted by Crippen LogP contribution is -2.30. The van der Waals surface area contributed by atoms with Gasteiger partial charge in [-0.05, 0) is 107 Å². The van der Waals surface area contributed by atoms with E-state index >= 15 is 0 Å². The summed E-state index contributed by atoms with van der Waals surface area (Å²) in [5.74, 6) is 3.35. The summed E-state index contributed by atoms with van der Waals surface area (Å²) in [6.07, 6.45) is 0. The molecule has 0 radical (unpaired) electrons. The number of imidazole rings is 2. The molecule has 6 rings (SSSR count). The smallest absolute Gasteiger partial charge is 0.146 e. The Morgan fingerprint density at radius 1 is 0.682 bits per heavy atom. The summed E-state index contributed by atoms with van der Waals surface area (Å²) in [5, 5.41) is 23.3. The van der Waals surface area contributed by atoms with Gasteiger partial charge >= 0.3 is 0 Å². The summed E-state index contributed by atoms with van der Waals surface area (Å²) in [5.41, 5.74) is 6.69. The van der Waals surface area contributed by atoms with Crippen LogP contribution in [0.3, 0.4) is 0 Å². The fourth-order valence-corrected chi connectivity index (χ4v) is 5.11. The van der Waals surface area contributed by atoms with Crippen molar-refractivity contribution in [1.82, 2.24) is 30.6 Å². The number of aromatic amines is 2. The Bertz CT molecular complexity index is 2010. The monoisotopic (exact) mass is 604 g/mol. The van der Waals surface area contributed by atoms with Crippen molar-refractivity contribution in [2.45, 2.75) is 39.8 Å². The predicted molar refractivity (Wildman–Crippen MR) is 178 cm³/mol. The lowest BCUT2D eigenvalue weighted by atomic mass is 10.1. The van der Waals surface area contributed by atoms with E-state index in [9.17, 15) is 0 Å². The van der Waals surface area contributed by atoms with Gasteiger partial charge in [-0.3, -0.25) is 10.8 Å². The molecule has 0 aliphatic carbocycles. The van der Waals surface area contributed by atoms with Crippen LogP contribution >= 0.6 is 11.6 Å². The highest BCUT2D eigenvalue weighted by atomic mass is 35.5. The van der Waals surface area contributed by atoms with E-state index in [1.807, 2.05) is 107 Å². The Balaban J connectivity index is 1.16. The van der Waals surface area contributed by atoms with Crippen molar-refractivity contribution in [3.05, 3.63) is 95.0 Å². The fraction of sp³-hybridized carbons (Fsp3) is 0.176. The molecule has 6 N–H and O–H groups in total. The second-order valence-electron chi connectivity index (χ2n) is 11.3. The van der Waals surface area contributed by atoms with Crippen LogP contribution in [0.4, 0.5) is 0 Å². The van der Waals surface area contributed by atoms with Gasteiger partial charge in [-0.15, -0.1) is 0 Å². The molecule has 0 aliphatic rings. The zero-order chi connectivity index (χ0) is 31.0. The molecule has 2 aromatic heterocycles. The zero-order valence-electron chi connectivity index (χ0n) is 24.8. The second kappa shape index (κ2) is 11.9. The van der Waals surface area contributed by atoms with Crippen molar-refractivity contribution in [2.24, 2.45) is 0 Å². The van der Waals surface area contributed by atoms with Crippen molar-refractivity contribution >= 4 is 45.3 Å². The number of hydrogen-bond donors (Lipinski definition) is 6. The molecule has 2 heterocycles. The third kappa shape index (κ3) is 6.14. The molecule has 0 atom stereocenters. The minimum Gasteiger partial charge on any atom is -0.456 e. The molecule has 10 heteroatoms. The first-order chi connectivity index (χ1) is 21.1. The van der Waals surface area contributed by atoms with Crippen molar-refractivity contribution < 1.29 is 4.74 Å². The van der Waals surface area contributed by atoms with Crippen LogP contribution in [0.1, 0.15) is 38.8 Å². The van der Waals surface area contributed by atoms with E-state index in [-0.39, 0.29) is 12.1 Å². The van der Waals surface area contributed by atoms with Crippen molar-refractivity contribution in [3.63, 3.8) is 0 Å². The number of aromatic nitrogens is 4. The van der Waals surface area contributed by atoms with Gasteiger partial charge in [-0.2, -0.15) is 0 Å². The molecule has 0 amide bonds. The Hall–Kier alpha value is -5.15. The Morgan fingerprint density at radius 3 is 1.68 bits per heavy atom. The molecule has 0 fully saturated rings. The summed E-state index contributed by atoms with van der Waals surface area (Å²) >= 11 is 6.64. The van der Waals surface area contributed by atoms with Gasteiger partial charge in [0, 0.05) is 34.3 Å². The number of fused-ring (bicyclic) bond motifs is 2. The summed E-state index contributed by atoms with van der Waals surface area (Å²) < 4.78 is 6.10. The standard InChI is InChI=1S/C34H33ClN8O/c1-18(2)38-31(36)21-7-12-26-28(16-21)42-33(40-26)20-5-10-24(11-6-20)44-30-14-9-23(15-25(30)35)34-41-27-13-8-22(17-29(27)43-34)32(37)39-19(3)4/h5-19H,1-4H3,(H2,36,38)(H2,37,39)(H,40,42)(H,41,43). The topological polar surface area (TPSA) is 138 Å². The molecule has 0 spiro atoms. The maximum atomic E-state index is 8.28. The number of nitrogens with zero attached hydrogens (tertiary/aromatic N) is 2. The third-order valence-corrected chi connectivity index (χ3v) is 7.26. The summed E-state index contributed by atoms with van der Waals surface area (Å²) in [6, 6.07) is 25.1.